The number of piperidine rings is 1. The number of ketones is 1. The summed E-state index contributed by atoms with van der Waals surface area (Å²) in [5.74, 6) is 4.38. The lowest BCUT2D eigenvalue weighted by Gasteiger charge is -2.22. The van der Waals surface area contributed by atoms with E-state index in [4.69, 9.17) is 11.3 Å². The van der Waals surface area contributed by atoms with Crippen molar-refractivity contribution in [2.45, 2.75) is 12.8 Å². The van der Waals surface area contributed by atoms with Crippen molar-refractivity contribution in [2.75, 3.05) is 13.1 Å². The maximum Gasteiger partial charge on any atom is 0.135 e. The third-order valence-electron chi connectivity index (χ3n) is 1.57. The fraction of sp³-hybridized carbons (Fsp3) is 0.444. The molecule has 0 atom stereocenters. The second-order valence-corrected chi connectivity index (χ2v) is 2.41. The van der Waals surface area contributed by atoms with Crippen molar-refractivity contribution in [2.24, 2.45) is 0 Å². The van der Waals surface area contributed by atoms with Gasteiger partial charge in [0, 0.05) is 32.0 Å². The van der Waals surface area contributed by atoms with Gasteiger partial charge in [0.1, 0.15) is 5.78 Å². The molecule has 0 spiro atoms. The lowest BCUT2D eigenvalue weighted by atomic mass is 10.1. The standard InChI is InChI=1S/C9H8NO2/c1-2-3-8-12-10-6-4-9(11)5-7-10/h4-7H2/q-1. The second-order valence-electron chi connectivity index (χ2n) is 2.41. The number of hydrogen-bond donors (Lipinski definition) is 0. The van der Waals surface area contributed by atoms with Crippen LogP contribution in [0.25, 0.3) is 0 Å². The summed E-state index contributed by atoms with van der Waals surface area (Å²) in [7, 11) is 0. The van der Waals surface area contributed by atoms with Crippen LogP contribution in [-0.2, 0) is 9.63 Å². The molecule has 0 aliphatic carbocycles. The Labute approximate surface area is 71.6 Å². The summed E-state index contributed by atoms with van der Waals surface area (Å²) in [6.07, 6.45) is 9.81. The van der Waals surface area contributed by atoms with E-state index >= 15 is 0 Å². The van der Waals surface area contributed by atoms with Crippen LogP contribution >= 0.6 is 0 Å². The van der Waals surface area contributed by atoms with Crippen LogP contribution in [0.3, 0.4) is 0 Å². The van der Waals surface area contributed by atoms with Crippen molar-refractivity contribution in [3.8, 4) is 17.9 Å². The molecule has 1 saturated heterocycles. The Morgan fingerprint density at radius 1 is 1.42 bits per heavy atom. The molecule has 3 heteroatoms. The Kier molecular flexibility index (Phi) is 3.19. The van der Waals surface area contributed by atoms with Gasteiger partial charge in [0.15, 0.2) is 0 Å². The zero-order chi connectivity index (χ0) is 8.81. The van der Waals surface area contributed by atoms with E-state index in [1.54, 1.807) is 5.06 Å². The highest BCUT2D eigenvalue weighted by Gasteiger charge is 2.15. The molecule has 0 radical (unpaired) electrons. The number of hydroxylamine groups is 2. The third kappa shape index (κ3) is 2.65. The third-order valence-corrected chi connectivity index (χ3v) is 1.57. The maximum atomic E-state index is 10.8. The van der Waals surface area contributed by atoms with Crippen molar-refractivity contribution in [3.63, 3.8) is 0 Å². The minimum absolute atomic E-state index is 0.265. The molecule has 3 nitrogen and oxygen atoms in total. The van der Waals surface area contributed by atoms with Gasteiger partial charge in [0.2, 0.25) is 0 Å². The lowest BCUT2D eigenvalue weighted by Crippen LogP contribution is -2.32. The second kappa shape index (κ2) is 4.43. The number of hydrogen-bond acceptors (Lipinski definition) is 3. The van der Waals surface area contributed by atoms with E-state index in [-0.39, 0.29) is 5.78 Å². The first-order chi connectivity index (χ1) is 5.83. The van der Waals surface area contributed by atoms with E-state index < -0.39 is 0 Å². The van der Waals surface area contributed by atoms with Crippen molar-refractivity contribution in [3.05, 3.63) is 6.42 Å². The van der Waals surface area contributed by atoms with Crippen molar-refractivity contribution < 1.29 is 9.63 Å². The number of rotatable bonds is 1. The lowest BCUT2D eigenvalue weighted by molar-refractivity contribution is -0.137. The predicted octanol–water partition coefficient (Wildman–Crippen LogP) is 0.134. The normalized spacial score (nSPS) is 17.4. The molecule has 0 saturated carbocycles. The van der Waals surface area contributed by atoms with Gasteiger partial charge in [0.05, 0.1) is 0 Å². The molecule has 0 bridgehead atoms. The first-order valence-electron chi connectivity index (χ1n) is 3.68. The van der Waals surface area contributed by atoms with E-state index in [9.17, 15) is 4.79 Å². The van der Waals surface area contributed by atoms with Gasteiger partial charge in [-0.3, -0.25) is 10.7 Å². The van der Waals surface area contributed by atoms with Crippen LogP contribution < -0.4 is 0 Å². The molecule has 62 valence electrons. The summed E-state index contributed by atoms with van der Waals surface area (Å²) in [4.78, 5) is 15.7. The topological polar surface area (TPSA) is 29.5 Å². The number of carbonyl (C=O) groups excluding carboxylic acids is 1. The first kappa shape index (κ1) is 8.64. The van der Waals surface area contributed by atoms with Crippen LogP contribution in [0.15, 0.2) is 0 Å². The predicted molar refractivity (Wildman–Crippen MR) is 41.8 cm³/mol. The van der Waals surface area contributed by atoms with Crippen LogP contribution in [0.1, 0.15) is 12.8 Å². The van der Waals surface area contributed by atoms with Gasteiger partial charge in [0.25, 0.3) is 0 Å². The van der Waals surface area contributed by atoms with E-state index in [1.165, 1.54) is 0 Å². The van der Waals surface area contributed by atoms with E-state index in [2.05, 4.69) is 12.0 Å². The maximum absolute atomic E-state index is 10.8. The number of carbonyl (C=O) groups is 1. The minimum Gasteiger partial charge on any atom is -0.374 e. The van der Waals surface area contributed by atoms with Gasteiger partial charge < -0.3 is 11.3 Å². The molecular weight excluding hydrogens is 154 g/mol. The highest BCUT2D eigenvalue weighted by atomic mass is 16.7. The smallest absolute Gasteiger partial charge is 0.135 e. The summed E-state index contributed by atoms with van der Waals surface area (Å²) in [6, 6.07) is 0. The van der Waals surface area contributed by atoms with Crippen LogP contribution in [0.2, 0.25) is 0 Å². The average Bonchev–Trinajstić information content (AvgIpc) is 2.09. The molecule has 1 aliphatic heterocycles. The SMILES string of the molecule is [C-]#CC#CON1CCC(=O)CC1. The fourth-order valence-corrected chi connectivity index (χ4v) is 0.940. The molecule has 0 aromatic rings. The number of Topliss-reactive ketones (excluding diaryl/α,β-unsaturated/α-hetero) is 1. The highest BCUT2D eigenvalue weighted by Crippen LogP contribution is 2.04. The van der Waals surface area contributed by atoms with Crippen molar-refractivity contribution in [1.82, 2.24) is 5.06 Å². The monoisotopic (exact) mass is 162 g/mol. The molecule has 1 heterocycles. The summed E-state index contributed by atoms with van der Waals surface area (Å²) in [6.45, 7) is 1.18. The molecule has 1 fully saturated rings. The zero-order valence-corrected chi connectivity index (χ0v) is 6.59. The van der Waals surface area contributed by atoms with Gasteiger partial charge in [-0.05, 0) is 0 Å². The Balaban J connectivity index is 2.27. The minimum atomic E-state index is 0.265. The van der Waals surface area contributed by atoms with Crippen LogP contribution in [-0.4, -0.2) is 23.9 Å². The molecular formula is C9H8NO2-. The first-order valence-corrected chi connectivity index (χ1v) is 3.68. The van der Waals surface area contributed by atoms with Gasteiger partial charge in [-0.2, -0.15) is 0 Å². The number of nitrogens with zero attached hydrogens (tertiary/aromatic N) is 1. The molecule has 0 aromatic carbocycles. The average molecular weight is 162 g/mol. The molecule has 0 unspecified atom stereocenters. The highest BCUT2D eigenvalue weighted by molar-refractivity contribution is 5.79. The Morgan fingerprint density at radius 2 is 2.08 bits per heavy atom. The Hall–Kier alpha value is -1.45. The summed E-state index contributed by atoms with van der Waals surface area (Å²) < 4.78 is 0. The van der Waals surface area contributed by atoms with Gasteiger partial charge in [-0.15, -0.1) is 5.06 Å². The van der Waals surface area contributed by atoms with E-state index in [0.717, 1.165) is 0 Å². The molecule has 0 aromatic heterocycles. The quantitative estimate of drug-likeness (QED) is 0.405. The Morgan fingerprint density at radius 3 is 2.67 bits per heavy atom. The molecule has 12 heavy (non-hydrogen) atoms. The molecule has 0 amide bonds. The van der Waals surface area contributed by atoms with Gasteiger partial charge in [-0.1, -0.05) is 0 Å². The van der Waals surface area contributed by atoms with Crippen LogP contribution in [0.5, 0.6) is 0 Å². The van der Waals surface area contributed by atoms with Gasteiger partial charge >= 0.3 is 0 Å². The summed E-state index contributed by atoms with van der Waals surface area (Å²) in [5.41, 5.74) is 0. The van der Waals surface area contributed by atoms with Crippen LogP contribution in [0.4, 0.5) is 0 Å². The van der Waals surface area contributed by atoms with Crippen molar-refractivity contribution >= 4 is 5.78 Å². The largest absolute Gasteiger partial charge is 0.374 e. The van der Waals surface area contributed by atoms with E-state index in [0.29, 0.717) is 25.9 Å². The molecule has 1 rings (SSSR count). The summed E-state index contributed by atoms with van der Waals surface area (Å²) >= 11 is 0. The zero-order valence-electron chi connectivity index (χ0n) is 6.59. The summed E-state index contributed by atoms with van der Waals surface area (Å²) in [5, 5.41) is 1.62. The molecule has 1 aliphatic rings. The van der Waals surface area contributed by atoms with Gasteiger partial charge in [-0.25, -0.2) is 5.92 Å². The fourth-order valence-electron chi connectivity index (χ4n) is 0.940. The Bertz CT molecular complexity index is 256. The van der Waals surface area contributed by atoms with E-state index in [1.807, 2.05) is 5.92 Å². The molecule has 0 N–H and O–H groups in total. The van der Waals surface area contributed by atoms with Crippen LogP contribution in [0, 0.1) is 24.4 Å². The van der Waals surface area contributed by atoms with Crippen molar-refractivity contribution in [1.29, 1.82) is 0 Å².